The Kier molecular flexibility index (Phi) is 4.61. The van der Waals surface area contributed by atoms with E-state index in [9.17, 15) is 0 Å². The first-order valence-corrected chi connectivity index (χ1v) is 6.23. The normalized spacial score (nSPS) is 11.7. The molecular formula is C12H19N5S. The van der Waals surface area contributed by atoms with Crippen molar-refractivity contribution in [2.45, 2.75) is 34.2 Å². The Hall–Kier alpha value is -1.69. The zero-order chi connectivity index (χ0) is 12.4. The standard InChI is InChI=1S/C11H15N5S.CH4/c1-6-4-5-17-9(6)7(2)13-11-15-8(3)14-10(12)16-11;/h4-5,7H,1-3H3,(H3,12,13,14,15,16);1H4. The van der Waals surface area contributed by atoms with Gasteiger partial charge in [0.05, 0.1) is 6.04 Å². The zero-order valence-electron chi connectivity index (χ0n) is 10.1. The smallest absolute Gasteiger partial charge is 0.228 e. The van der Waals surface area contributed by atoms with E-state index in [1.807, 2.05) is 0 Å². The van der Waals surface area contributed by atoms with Gasteiger partial charge in [-0.05, 0) is 37.8 Å². The minimum Gasteiger partial charge on any atom is -0.368 e. The number of thiophene rings is 1. The van der Waals surface area contributed by atoms with E-state index >= 15 is 0 Å². The average molecular weight is 265 g/mol. The molecule has 0 bridgehead atoms. The van der Waals surface area contributed by atoms with Gasteiger partial charge in [-0.3, -0.25) is 0 Å². The van der Waals surface area contributed by atoms with Gasteiger partial charge in [0.15, 0.2) is 0 Å². The topological polar surface area (TPSA) is 76.7 Å². The summed E-state index contributed by atoms with van der Waals surface area (Å²) in [6.07, 6.45) is 0. The molecule has 0 spiro atoms. The lowest BCUT2D eigenvalue weighted by atomic mass is 10.2. The molecule has 0 saturated heterocycles. The second kappa shape index (κ2) is 5.77. The lowest BCUT2D eigenvalue weighted by Gasteiger charge is -2.13. The van der Waals surface area contributed by atoms with Gasteiger partial charge in [0.1, 0.15) is 5.82 Å². The highest BCUT2D eigenvalue weighted by atomic mass is 32.1. The first kappa shape index (κ1) is 14.4. The molecule has 0 radical (unpaired) electrons. The van der Waals surface area contributed by atoms with Gasteiger partial charge in [-0.2, -0.15) is 15.0 Å². The molecule has 2 heterocycles. The Morgan fingerprint density at radius 1 is 1.28 bits per heavy atom. The van der Waals surface area contributed by atoms with Crippen LogP contribution in [0.2, 0.25) is 0 Å². The van der Waals surface area contributed by atoms with Crippen LogP contribution in [-0.2, 0) is 0 Å². The number of hydrogen-bond donors (Lipinski definition) is 2. The van der Waals surface area contributed by atoms with Crippen molar-refractivity contribution in [2.75, 3.05) is 11.1 Å². The number of nitrogens with zero attached hydrogens (tertiary/aromatic N) is 3. The van der Waals surface area contributed by atoms with Gasteiger partial charge in [-0.15, -0.1) is 11.3 Å². The lowest BCUT2D eigenvalue weighted by molar-refractivity contribution is 0.858. The highest BCUT2D eigenvalue weighted by Crippen LogP contribution is 2.25. The second-order valence-corrected chi connectivity index (χ2v) is 4.85. The Bertz CT molecular complexity index is 503. The van der Waals surface area contributed by atoms with E-state index in [4.69, 9.17) is 5.73 Å². The van der Waals surface area contributed by atoms with Gasteiger partial charge in [-0.1, -0.05) is 7.43 Å². The van der Waals surface area contributed by atoms with Crippen LogP contribution in [0, 0.1) is 13.8 Å². The van der Waals surface area contributed by atoms with Crippen molar-refractivity contribution in [3.8, 4) is 0 Å². The first-order chi connectivity index (χ1) is 8.06. The second-order valence-electron chi connectivity index (χ2n) is 3.90. The summed E-state index contributed by atoms with van der Waals surface area (Å²) >= 11 is 1.72. The van der Waals surface area contributed by atoms with Crippen LogP contribution in [0.4, 0.5) is 11.9 Å². The molecular weight excluding hydrogens is 246 g/mol. The summed E-state index contributed by atoms with van der Waals surface area (Å²) in [5, 5.41) is 5.31. The molecule has 98 valence electrons. The molecule has 1 atom stereocenters. The van der Waals surface area contributed by atoms with Crippen LogP contribution < -0.4 is 11.1 Å². The van der Waals surface area contributed by atoms with Gasteiger partial charge in [0.25, 0.3) is 0 Å². The minimum absolute atomic E-state index is 0. The molecule has 0 amide bonds. The zero-order valence-corrected chi connectivity index (χ0v) is 10.9. The van der Waals surface area contributed by atoms with Gasteiger partial charge in [0, 0.05) is 4.88 Å². The SMILES string of the molecule is C.Cc1nc(N)nc(NC(C)c2sccc2C)n1. The largest absolute Gasteiger partial charge is 0.368 e. The molecule has 0 aliphatic heterocycles. The fourth-order valence-electron chi connectivity index (χ4n) is 1.65. The molecule has 6 heteroatoms. The summed E-state index contributed by atoms with van der Waals surface area (Å²) in [5.41, 5.74) is 6.86. The van der Waals surface area contributed by atoms with Crippen molar-refractivity contribution in [3.05, 3.63) is 27.7 Å². The number of rotatable bonds is 3. The van der Waals surface area contributed by atoms with Crippen LogP contribution in [0.1, 0.15) is 36.7 Å². The van der Waals surface area contributed by atoms with Crippen LogP contribution in [0.5, 0.6) is 0 Å². The number of aryl methyl sites for hydroxylation is 2. The van der Waals surface area contributed by atoms with Crippen LogP contribution in [-0.4, -0.2) is 15.0 Å². The van der Waals surface area contributed by atoms with E-state index in [-0.39, 0.29) is 19.4 Å². The molecule has 3 N–H and O–H groups in total. The summed E-state index contributed by atoms with van der Waals surface area (Å²) in [5.74, 6) is 1.39. The molecule has 0 aliphatic rings. The van der Waals surface area contributed by atoms with E-state index in [0.717, 1.165) is 0 Å². The third kappa shape index (κ3) is 3.16. The molecule has 18 heavy (non-hydrogen) atoms. The lowest BCUT2D eigenvalue weighted by Crippen LogP contribution is -2.11. The van der Waals surface area contributed by atoms with Crippen molar-refractivity contribution >= 4 is 23.2 Å². The molecule has 2 aromatic rings. The van der Waals surface area contributed by atoms with Gasteiger partial charge >= 0.3 is 0 Å². The number of nitrogen functional groups attached to an aromatic ring is 1. The monoisotopic (exact) mass is 265 g/mol. The van der Waals surface area contributed by atoms with Crippen LogP contribution in [0.15, 0.2) is 11.4 Å². The van der Waals surface area contributed by atoms with Crippen molar-refractivity contribution < 1.29 is 0 Å². The maximum absolute atomic E-state index is 5.58. The maximum atomic E-state index is 5.58. The van der Waals surface area contributed by atoms with E-state index in [0.29, 0.717) is 11.8 Å². The van der Waals surface area contributed by atoms with Crippen LogP contribution in [0.3, 0.4) is 0 Å². The highest BCUT2D eigenvalue weighted by molar-refractivity contribution is 7.10. The molecule has 1 unspecified atom stereocenters. The van der Waals surface area contributed by atoms with E-state index in [1.54, 1.807) is 18.3 Å². The Labute approximate surface area is 112 Å². The Balaban J connectivity index is 0.00000162. The third-order valence-electron chi connectivity index (χ3n) is 2.41. The summed E-state index contributed by atoms with van der Waals surface area (Å²) < 4.78 is 0. The molecule has 0 aliphatic carbocycles. The minimum atomic E-state index is 0. The fraction of sp³-hybridized carbons (Fsp3) is 0.417. The number of hydrogen-bond acceptors (Lipinski definition) is 6. The summed E-state index contributed by atoms with van der Waals surface area (Å²) in [6.45, 7) is 5.97. The number of nitrogens with one attached hydrogen (secondary N) is 1. The number of anilines is 2. The first-order valence-electron chi connectivity index (χ1n) is 5.35. The summed E-state index contributed by atoms with van der Waals surface area (Å²) in [7, 11) is 0. The van der Waals surface area contributed by atoms with Crippen LogP contribution in [0.25, 0.3) is 0 Å². The van der Waals surface area contributed by atoms with Crippen LogP contribution >= 0.6 is 11.3 Å². The highest BCUT2D eigenvalue weighted by Gasteiger charge is 2.11. The predicted molar refractivity (Wildman–Crippen MR) is 76.8 cm³/mol. The molecule has 2 aromatic heterocycles. The maximum Gasteiger partial charge on any atom is 0.228 e. The molecule has 5 nitrogen and oxygen atoms in total. The van der Waals surface area contributed by atoms with Gasteiger partial charge < -0.3 is 11.1 Å². The van der Waals surface area contributed by atoms with Crippen molar-refractivity contribution in [1.29, 1.82) is 0 Å². The number of nitrogens with two attached hydrogens (primary N) is 1. The molecule has 0 fully saturated rings. The van der Waals surface area contributed by atoms with E-state index in [2.05, 4.69) is 45.6 Å². The fourth-order valence-corrected chi connectivity index (χ4v) is 2.59. The van der Waals surface area contributed by atoms with Crippen molar-refractivity contribution in [1.82, 2.24) is 15.0 Å². The Morgan fingerprint density at radius 3 is 2.56 bits per heavy atom. The summed E-state index contributed by atoms with van der Waals surface area (Å²) in [6, 6.07) is 2.27. The Morgan fingerprint density at radius 2 is 2.00 bits per heavy atom. The molecule has 0 aromatic carbocycles. The van der Waals surface area contributed by atoms with Crippen molar-refractivity contribution in [3.63, 3.8) is 0 Å². The quantitative estimate of drug-likeness (QED) is 0.892. The van der Waals surface area contributed by atoms with Gasteiger partial charge in [0.2, 0.25) is 11.9 Å². The van der Waals surface area contributed by atoms with Gasteiger partial charge in [-0.25, -0.2) is 0 Å². The predicted octanol–water partition coefficient (Wildman–Crippen LogP) is 2.94. The van der Waals surface area contributed by atoms with E-state index in [1.165, 1.54) is 10.4 Å². The summed E-state index contributed by atoms with van der Waals surface area (Å²) in [4.78, 5) is 13.5. The van der Waals surface area contributed by atoms with Crippen molar-refractivity contribution in [2.24, 2.45) is 0 Å². The number of aromatic nitrogens is 3. The van der Waals surface area contributed by atoms with E-state index < -0.39 is 0 Å². The molecule has 0 saturated carbocycles. The third-order valence-corrected chi connectivity index (χ3v) is 3.61. The molecule has 2 rings (SSSR count). The average Bonchev–Trinajstić information content (AvgIpc) is 2.62.